The molecule has 1 unspecified atom stereocenters. The van der Waals surface area contributed by atoms with Crippen molar-refractivity contribution in [3.05, 3.63) is 10.1 Å². The first-order valence-corrected chi connectivity index (χ1v) is 4.64. The maximum atomic E-state index is 10.1. The molecule has 0 spiro atoms. The van der Waals surface area contributed by atoms with E-state index in [0.29, 0.717) is 5.92 Å². The number of hydrogen-bond acceptors (Lipinski definition) is 3. The third-order valence-corrected chi connectivity index (χ3v) is 2.95. The lowest BCUT2D eigenvalue weighted by molar-refractivity contribution is -0.487. The fraction of sp³-hybridized carbons (Fsp3) is 1.00. The minimum absolute atomic E-state index is 0.174. The monoisotopic (exact) mass is 161 g/mol. The molecule has 0 amide bonds. The van der Waals surface area contributed by atoms with Crippen LogP contribution in [0.5, 0.6) is 0 Å². The molecule has 0 aromatic carbocycles. The Labute approximate surface area is 64.3 Å². The van der Waals surface area contributed by atoms with E-state index in [4.69, 9.17) is 0 Å². The fourth-order valence-electron chi connectivity index (χ4n) is 1.16. The van der Waals surface area contributed by atoms with Gasteiger partial charge in [0.2, 0.25) is 6.54 Å². The first-order valence-electron chi connectivity index (χ1n) is 3.48. The average Bonchev–Trinajstić information content (AvgIpc) is 1.88. The van der Waals surface area contributed by atoms with Gasteiger partial charge in [0, 0.05) is 16.6 Å². The van der Waals surface area contributed by atoms with Gasteiger partial charge in [0.15, 0.2) is 0 Å². The Hall–Kier alpha value is -0.250. The highest BCUT2D eigenvalue weighted by molar-refractivity contribution is 7.99. The Morgan fingerprint density at radius 1 is 1.70 bits per heavy atom. The lowest BCUT2D eigenvalue weighted by atomic mass is 10.1. The van der Waals surface area contributed by atoms with Gasteiger partial charge in [0.05, 0.1) is 0 Å². The maximum absolute atomic E-state index is 10.1. The smallest absolute Gasteiger partial charge is 0.207 e. The molecule has 0 N–H and O–H groups in total. The normalized spacial score (nSPS) is 26.2. The minimum Gasteiger partial charge on any atom is -0.265 e. The third-order valence-electron chi connectivity index (χ3n) is 1.66. The molecule has 0 aliphatic carbocycles. The van der Waals surface area contributed by atoms with E-state index >= 15 is 0 Å². The molecule has 3 nitrogen and oxygen atoms in total. The van der Waals surface area contributed by atoms with Gasteiger partial charge >= 0.3 is 0 Å². The number of thioether (sulfide) groups is 1. The van der Waals surface area contributed by atoms with Gasteiger partial charge in [-0.05, 0) is 18.6 Å². The quantitative estimate of drug-likeness (QED) is 0.454. The predicted octanol–water partition coefficient (Wildman–Crippen LogP) is 1.41. The molecule has 0 radical (unpaired) electrons. The van der Waals surface area contributed by atoms with Crippen molar-refractivity contribution in [3.63, 3.8) is 0 Å². The van der Waals surface area contributed by atoms with Gasteiger partial charge in [-0.3, -0.25) is 10.1 Å². The van der Waals surface area contributed by atoms with E-state index in [0.717, 1.165) is 18.6 Å². The largest absolute Gasteiger partial charge is 0.265 e. The van der Waals surface area contributed by atoms with Gasteiger partial charge in [0.1, 0.15) is 0 Å². The van der Waals surface area contributed by atoms with Crippen molar-refractivity contribution in [3.8, 4) is 0 Å². The van der Waals surface area contributed by atoms with E-state index in [1.165, 1.54) is 5.75 Å². The number of hydrogen-bond donors (Lipinski definition) is 0. The summed E-state index contributed by atoms with van der Waals surface area (Å²) in [5.41, 5.74) is 0. The van der Waals surface area contributed by atoms with Gasteiger partial charge < -0.3 is 0 Å². The van der Waals surface area contributed by atoms with E-state index in [2.05, 4.69) is 0 Å². The van der Waals surface area contributed by atoms with Crippen molar-refractivity contribution in [1.82, 2.24) is 0 Å². The first kappa shape index (κ1) is 7.85. The van der Waals surface area contributed by atoms with E-state index in [1.807, 2.05) is 11.8 Å². The SMILES string of the molecule is O=[N+]([O-])CC1CCCSC1. The summed E-state index contributed by atoms with van der Waals surface area (Å²) in [4.78, 5) is 9.87. The summed E-state index contributed by atoms with van der Waals surface area (Å²) in [7, 11) is 0. The standard InChI is InChI=1S/C6H11NO2S/c8-7(9)4-6-2-1-3-10-5-6/h6H,1-5H2. The zero-order valence-electron chi connectivity index (χ0n) is 5.78. The summed E-state index contributed by atoms with van der Waals surface area (Å²) in [6.45, 7) is 0.174. The van der Waals surface area contributed by atoms with E-state index < -0.39 is 0 Å². The second kappa shape index (κ2) is 3.81. The van der Waals surface area contributed by atoms with E-state index in [-0.39, 0.29) is 11.5 Å². The van der Waals surface area contributed by atoms with Crippen LogP contribution in [0.15, 0.2) is 0 Å². The summed E-state index contributed by atoms with van der Waals surface area (Å²) >= 11 is 1.84. The highest BCUT2D eigenvalue weighted by Crippen LogP contribution is 2.22. The van der Waals surface area contributed by atoms with Crippen molar-refractivity contribution in [2.24, 2.45) is 5.92 Å². The molecular formula is C6H11NO2S. The Balaban J connectivity index is 2.19. The van der Waals surface area contributed by atoms with Gasteiger partial charge in [-0.25, -0.2) is 0 Å². The van der Waals surface area contributed by atoms with Crippen LogP contribution < -0.4 is 0 Å². The van der Waals surface area contributed by atoms with Crippen LogP contribution in [-0.2, 0) is 0 Å². The molecule has 1 heterocycles. The Morgan fingerprint density at radius 2 is 2.50 bits per heavy atom. The summed E-state index contributed by atoms with van der Waals surface area (Å²) in [6.07, 6.45) is 2.21. The second-order valence-electron chi connectivity index (χ2n) is 2.60. The molecule has 1 fully saturated rings. The number of nitro groups is 1. The molecule has 58 valence electrons. The molecule has 1 saturated heterocycles. The fourth-order valence-corrected chi connectivity index (χ4v) is 2.31. The van der Waals surface area contributed by atoms with Crippen molar-refractivity contribution in [1.29, 1.82) is 0 Å². The minimum atomic E-state index is -0.198. The van der Waals surface area contributed by atoms with Gasteiger partial charge in [-0.1, -0.05) is 0 Å². The molecule has 10 heavy (non-hydrogen) atoms. The van der Waals surface area contributed by atoms with Crippen LogP contribution in [0, 0.1) is 16.0 Å². The summed E-state index contributed by atoms with van der Waals surface area (Å²) in [5.74, 6) is 2.52. The Morgan fingerprint density at radius 3 is 3.00 bits per heavy atom. The molecule has 0 saturated carbocycles. The van der Waals surface area contributed by atoms with Crippen molar-refractivity contribution >= 4 is 11.8 Å². The lowest BCUT2D eigenvalue weighted by Crippen LogP contribution is -2.19. The zero-order valence-corrected chi connectivity index (χ0v) is 6.60. The predicted molar refractivity (Wildman–Crippen MR) is 41.9 cm³/mol. The van der Waals surface area contributed by atoms with Crippen LogP contribution in [0.2, 0.25) is 0 Å². The van der Waals surface area contributed by atoms with Crippen LogP contribution in [0.25, 0.3) is 0 Å². The molecule has 0 aromatic rings. The third kappa shape index (κ3) is 2.56. The summed E-state index contributed by atoms with van der Waals surface area (Å²) in [6, 6.07) is 0. The average molecular weight is 161 g/mol. The van der Waals surface area contributed by atoms with Crippen LogP contribution in [0.1, 0.15) is 12.8 Å². The molecular weight excluding hydrogens is 150 g/mol. The maximum Gasteiger partial charge on any atom is 0.207 e. The van der Waals surface area contributed by atoms with Crippen molar-refractivity contribution in [2.45, 2.75) is 12.8 Å². The number of nitrogens with zero attached hydrogens (tertiary/aromatic N) is 1. The van der Waals surface area contributed by atoms with Gasteiger partial charge in [0.25, 0.3) is 0 Å². The Kier molecular flexibility index (Phi) is 2.99. The molecule has 4 heteroatoms. The van der Waals surface area contributed by atoms with Crippen molar-refractivity contribution < 1.29 is 4.92 Å². The molecule has 1 rings (SSSR count). The highest BCUT2D eigenvalue weighted by Gasteiger charge is 2.18. The van der Waals surface area contributed by atoms with Crippen LogP contribution in [-0.4, -0.2) is 23.0 Å². The van der Waals surface area contributed by atoms with Crippen LogP contribution in [0.3, 0.4) is 0 Å². The zero-order chi connectivity index (χ0) is 7.40. The summed E-state index contributed by atoms with van der Waals surface area (Å²) in [5, 5.41) is 10.1. The summed E-state index contributed by atoms with van der Waals surface area (Å²) < 4.78 is 0. The van der Waals surface area contributed by atoms with E-state index in [1.54, 1.807) is 0 Å². The Bertz CT molecular complexity index is 123. The molecule has 1 aliphatic heterocycles. The topological polar surface area (TPSA) is 43.1 Å². The van der Waals surface area contributed by atoms with Gasteiger partial charge in [-0.2, -0.15) is 11.8 Å². The second-order valence-corrected chi connectivity index (χ2v) is 3.75. The first-order chi connectivity index (χ1) is 4.79. The van der Waals surface area contributed by atoms with Crippen molar-refractivity contribution in [2.75, 3.05) is 18.1 Å². The molecule has 0 bridgehead atoms. The molecule has 1 aliphatic rings. The van der Waals surface area contributed by atoms with Gasteiger partial charge in [-0.15, -0.1) is 0 Å². The van der Waals surface area contributed by atoms with Crippen LogP contribution >= 0.6 is 11.8 Å². The number of rotatable bonds is 2. The molecule has 1 atom stereocenters. The van der Waals surface area contributed by atoms with Crippen LogP contribution in [0.4, 0.5) is 0 Å². The lowest BCUT2D eigenvalue weighted by Gasteiger charge is -2.16. The van der Waals surface area contributed by atoms with E-state index in [9.17, 15) is 10.1 Å². The highest BCUT2D eigenvalue weighted by atomic mass is 32.2. The molecule has 0 aromatic heterocycles.